The second-order valence-corrected chi connectivity index (χ2v) is 12.4. The Hall–Kier alpha value is -3.95. The Morgan fingerprint density at radius 2 is 1.80 bits per heavy atom. The zero-order valence-electron chi connectivity index (χ0n) is 26.5. The Labute approximate surface area is 260 Å². The van der Waals surface area contributed by atoms with Crippen LogP contribution in [0, 0.1) is 18.8 Å². The molecule has 0 aliphatic heterocycles. The molecule has 2 amide bonds. The van der Waals surface area contributed by atoms with E-state index in [0.717, 1.165) is 54.1 Å². The van der Waals surface area contributed by atoms with E-state index in [-0.39, 0.29) is 23.8 Å². The minimum atomic E-state index is -0.425. The van der Waals surface area contributed by atoms with Gasteiger partial charge in [-0.3, -0.25) is 14.7 Å². The number of ether oxygens (including phenoxy) is 2. The second kappa shape index (κ2) is 14.2. The summed E-state index contributed by atoms with van der Waals surface area (Å²) >= 11 is 0. The van der Waals surface area contributed by atoms with Crippen molar-refractivity contribution >= 4 is 17.8 Å². The van der Waals surface area contributed by atoms with Gasteiger partial charge in [0.05, 0.1) is 12.8 Å². The Kier molecular flexibility index (Phi) is 10.2. The van der Waals surface area contributed by atoms with Gasteiger partial charge in [-0.25, -0.2) is 14.8 Å². The van der Waals surface area contributed by atoms with Crippen LogP contribution in [0.1, 0.15) is 94.3 Å². The van der Waals surface area contributed by atoms with Gasteiger partial charge < -0.3 is 19.2 Å². The molecular weight excluding hydrogens is 558 g/mol. The number of methoxy groups -OCH3 is 1. The van der Waals surface area contributed by atoms with E-state index < -0.39 is 6.09 Å². The van der Waals surface area contributed by atoms with Gasteiger partial charge in [0.2, 0.25) is 5.91 Å². The molecule has 3 heterocycles. The van der Waals surface area contributed by atoms with Gasteiger partial charge in [0.1, 0.15) is 29.6 Å². The molecular formula is C34H45N5O5. The van der Waals surface area contributed by atoms with Crippen LogP contribution in [0.3, 0.4) is 0 Å². The summed E-state index contributed by atoms with van der Waals surface area (Å²) in [6.45, 7) is 6.69. The Bertz CT molecular complexity index is 1420. The summed E-state index contributed by atoms with van der Waals surface area (Å²) < 4.78 is 16.6. The highest BCUT2D eigenvalue weighted by Crippen LogP contribution is 2.38. The summed E-state index contributed by atoms with van der Waals surface area (Å²) in [4.78, 5) is 42.0. The standard InChI is InChI=1S/C34H45N5O5/c1-21(2)32-38-29(20-43-32)26-16-17-36-31(18-26)39(33(40)25-10-12-27(13-11-25)44-34(41)35-4)19-23-6-8-24(9-7-23)28-14-15-30(42-5)22(3)37-28/h14-18,20-21,23-25,27H,6-13,19H2,1-5H3,(H,35,41). The lowest BCUT2D eigenvalue weighted by molar-refractivity contribution is -0.124. The first kappa shape index (κ1) is 31.5. The minimum absolute atomic E-state index is 0.0886. The molecule has 10 nitrogen and oxygen atoms in total. The fourth-order valence-electron chi connectivity index (χ4n) is 6.48. The largest absolute Gasteiger partial charge is 0.495 e. The summed E-state index contributed by atoms with van der Waals surface area (Å²) in [7, 11) is 3.23. The molecule has 0 saturated heterocycles. The molecule has 3 aromatic rings. The minimum Gasteiger partial charge on any atom is -0.495 e. The van der Waals surface area contributed by atoms with E-state index in [1.54, 1.807) is 26.6 Å². The van der Waals surface area contributed by atoms with Crippen molar-refractivity contribution in [3.63, 3.8) is 0 Å². The summed E-state index contributed by atoms with van der Waals surface area (Å²) in [5.74, 6) is 3.01. The number of carbonyl (C=O) groups excluding carboxylic acids is 2. The molecule has 0 bridgehead atoms. The number of anilines is 1. The third kappa shape index (κ3) is 7.39. The topological polar surface area (TPSA) is 120 Å². The van der Waals surface area contributed by atoms with Gasteiger partial charge in [-0.2, -0.15) is 0 Å². The van der Waals surface area contributed by atoms with Crippen LogP contribution in [0.5, 0.6) is 5.75 Å². The zero-order valence-corrected chi connectivity index (χ0v) is 26.5. The highest BCUT2D eigenvalue weighted by Gasteiger charge is 2.34. The first-order valence-corrected chi connectivity index (χ1v) is 15.9. The van der Waals surface area contributed by atoms with Crippen LogP contribution in [0.2, 0.25) is 0 Å². The van der Waals surface area contributed by atoms with Gasteiger partial charge in [0.25, 0.3) is 0 Å². The third-order valence-electron chi connectivity index (χ3n) is 9.09. The molecule has 2 aliphatic carbocycles. The van der Waals surface area contributed by atoms with Gasteiger partial charge in [0, 0.05) is 48.8 Å². The Morgan fingerprint density at radius 3 is 2.43 bits per heavy atom. The van der Waals surface area contributed by atoms with Gasteiger partial charge in [0.15, 0.2) is 5.89 Å². The molecule has 236 valence electrons. The maximum atomic E-state index is 14.2. The number of amides is 2. The van der Waals surface area contributed by atoms with Crippen molar-refractivity contribution in [3.8, 4) is 17.0 Å². The molecule has 2 aliphatic rings. The van der Waals surface area contributed by atoms with E-state index in [1.165, 1.54) is 0 Å². The van der Waals surface area contributed by atoms with Crippen molar-refractivity contribution in [1.29, 1.82) is 0 Å². The number of hydrogen-bond donors (Lipinski definition) is 1. The molecule has 0 spiro atoms. The lowest BCUT2D eigenvalue weighted by Gasteiger charge is -2.35. The molecule has 0 unspecified atom stereocenters. The normalized spacial score (nSPS) is 22.0. The number of nitrogens with zero attached hydrogens (tertiary/aromatic N) is 4. The molecule has 2 saturated carbocycles. The molecule has 5 rings (SSSR count). The Morgan fingerprint density at radius 1 is 1.05 bits per heavy atom. The maximum absolute atomic E-state index is 14.2. The van der Waals surface area contributed by atoms with E-state index in [0.29, 0.717) is 55.8 Å². The molecule has 10 heteroatoms. The van der Waals surface area contributed by atoms with Crippen molar-refractivity contribution in [1.82, 2.24) is 20.3 Å². The van der Waals surface area contributed by atoms with Crippen molar-refractivity contribution < 1.29 is 23.5 Å². The number of alkyl carbamates (subject to hydrolysis) is 1. The van der Waals surface area contributed by atoms with Crippen LogP contribution in [-0.4, -0.2) is 53.8 Å². The fraction of sp³-hybridized carbons (Fsp3) is 0.559. The number of aryl methyl sites for hydroxylation is 1. The van der Waals surface area contributed by atoms with Crippen molar-refractivity contribution in [2.45, 2.75) is 90.1 Å². The average Bonchev–Trinajstić information content (AvgIpc) is 3.55. The van der Waals surface area contributed by atoms with E-state index in [4.69, 9.17) is 18.9 Å². The number of pyridine rings is 2. The molecule has 0 aromatic carbocycles. The van der Waals surface area contributed by atoms with Crippen LogP contribution in [0.25, 0.3) is 11.3 Å². The van der Waals surface area contributed by atoms with Gasteiger partial charge >= 0.3 is 6.09 Å². The van der Waals surface area contributed by atoms with Gasteiger partial charge in [-0.15, -0.1) is 0 Å². The number of rotatable bonds is 9. The second-order valence-electron chi connectivity index (χ2n) is 12.4. The molecule has 0 radical (unpaired) electrons. The molecule has 44 heavy (non-hydrogen) atoms. The number of nitrogens with one attached hydrogen (secondary N) is 1. The summed E-state index contributed by atoms with van der Waals surface area (Å²) in [6.07, 6.45) is 9.58. The molecule has 2 fully saturated rings. The van der Waals surface area contributed by atoms with Crippen molar-refractivity contribution in [2.75, 3.05) is 25.6 Å². The van der Waals surface area contributed by atoms with Crippen LogP contribution < -0.4 is 15.0 Å². The molecule has 1 N–H and O–H groups in total. The quantitative estimate of drug-likeness (QED) is 0.284. The van der Waals surface area contributed by atoms with Crippen LogP contribution in [-0.2, 0) is 9.53 Å². The van der Waals surface area contributed by atoms with E-state index in [2.05, 4.69) is 21.4 Å². The zero-order chi connectivity index (χ0) is 31.2. The SMILES string of the molecule is CNC(=O)OC1CCC(C(=O)N(CC2CCC(c3ccc(OC)c(C)n3)CC2)c2cc(-c3coc(C(C)C)n3)ccn2)CC1. The number of carbonyl (C=O) groups is 2. The Balaban J connectivity index is 1.32. The summed E-state index contributed by atoms with van der Waals surface area (Å²) in [5.41, 5.74) is 3.64. The summed E-state index contributed by atoms with van der Waals surface area (Å²) in [5, 5.41) is 2.51. The lowest BCUT2D eigenvalue weighted by atomic mass is 9.79. The van der Waals surface area contributed by atoms with Crippen LogP contribution in [0.4, 0.5) is 10.6 Å². The predicted octanol–water partition coefficient (Wildman–Crippen LogP) is 6.79. The first-order chi connectivity index (χ1) is 21.2. The number of aromatic nitrogens is 3. The maximum Gasteiger partial charge on any atom is 0.407 e. The highest BCUT2D eigenvalue weighted by atomic mass is 16.6. The van der Waals surface area contributed by atoms with E-state index in [9.17, 15) is 9.59 Å². The average molecular weight is 604 g/mol. The van der Waals surface area contributed by atoms with Crippen molar-refractivity contribution in [3.05, 3.63) is 54.0 Å². The first-order valence-electron chi connectivity index (χ1n) is 15.9. The monoisotopic (exact) mass is 603 g/mol. The lowest BCUT2D eigenvalue weighted by Crippen LogP contribution is -2.42. The highest BCUT2D eigenvalue weighted by molar-refractivity contribution is 5.94. The predicted molar refractivity (Wildman–Crippen MR) is 168 cm³/mol. The van der Waals surface area contributed by atoms with Crippen LogP contribution >= 0.6 is 0 Å². The van der Waals surface area contributed by atoms with Crippen LogP contribution in [0.15, 0.2) is 41.1 Å². The smallest absolute Gasteiger partial charge is 0.407 e. The molecule has 0 atom stereocenters. The third-order valence-corrected chi connectivity index (χ3v) is 9.09. The van der Waals surface area contributed by atoms with Gasteiger partial charge in [-0.1, -0.05) is 13.8 Å². The van der Waals surface area contributed by atoms with Crippen molar-refractivity contribution in [2.24, 2.45) is 11.8 Å². The number of hydrogen-bond acceptors (Lipinski definition) is 8. The fourth-order valence-corrected chi connectivity index (χ4v) is 6.48. The number of oxazole rings is 1. The molecule has 3 aromatic heterocycles. The summed E-state index contributed by atoms with van der Waals surface area (Å²) in [6, 6.07) is 7.96. The van der Waals surface area contributed by atoms with E-state index >= 15 is 0 Å². The van der Waals surface area contributed by atoms with Gasteiger partial charge in [-0.05, 0) is 88.5 Å². The van der Waals surface area contributed by atoms with E-state index in [1.807, 2.05) is 43.9 Å².